The van der Waals surface area contributed by atoms with E-state index in [4.69, 9.17) is 16.7 Å². The minimum absolute atomic E-state index is 0.0420. The smallest absolute Gasteiger partial charge is 0.335 e. The zero-order valence-electron chi connectivity index (χ0n) is 21.3. The van der Waals surface area contributed by atoms with E-state index in [1.807, 2.05) is 24.3 Å². The lowest BCUT2D eigenvalue weighted by molar-refractivity contribution is -0.128. The monoisotopic (exact) mass is 537 g/mol. The van der Waals surface area contributed by atoms with Crippen molar-refractivity contribution in [2.75, 3.05) is 25.5 Å². The molecular formula is C29H29ClFN3O4. The Morgan fingerprint density at radius 1 is 1.08 bits per heavy atom. The Morgan fingerprint density at radius 2 is 1.74 bits per heavy atom. The number of amides is 2. The summed E-state index contributed by atoms with van der Waals surface area (Å²) in [6.45, 7) is 5.41. The van der Waals surface area contributed by atoms with Crippen molar-refractivity contribution in [2.24, 2.45) is 0 Å². The van der Waals surface area contributed by atoms with Crippen molar-refractivity contribution in [3.63, 3.8) is 0 Å². The quantitative estimate of drug-likeness (QED) is 0.373. The molecule has 0 aliphatic carbocycles. The van der Waals surface area contributed by atoms with Crippen LogP contribution in [0.5, 0.6) is 0 Å². The number of halogens is 2. The molecular weight excluding hydrogens is 509 g/mol. The van der Waals surface area contributed by atoms with Crippen LogP contribution in [0.4, 0.5) is 10.1 Å². The summed E-state index contributed by atoms with van der Waals surface area (Å²) in [7, 11) is 1.44. The zero-order chi connectivity index (χ0) is 27.6. The number of hydrogen-bond acceptors (Lipinski definition) is 4. The Bertz CT molecular complexity index is 1390. The number of carboxylic acids is 1. The molecule has 3 N–H and O–H groups in total. The summed E-state index contributed by atoms with van der Waals surface area (Å²) in [4.78, 5) is 39.7. The molecule has 0 atom stereocenters. The predicted molar refractivity (Wildman–Crippen MR) is 144 cm³/mol. The zero-order valence-corrected chi connectivity index (χ0v) is 22.1. The standard InChI is InChI=1S/C29H29ClFN3O4/c1-17(2)20-6-4-5-7-22(20)29(15-34(16-29)14-18-8-10-19(11-9-18)27(36)37)28(38)33-25-13-24(31)23(30)12-21(25)26(35)32-3/h4-13,17H,14-16H2,1-3H3,(H,32,35)(H,33,38)(H,36,37). The lowest BCUT2D eigenvalue weighted by atomic mass is 9.69. The Hall–Kier alpha value is -3.75. The third kappa shape index (κ3) is 5.28. The van der Waals surface area contributed by atoms with Gasteiger partial charge in [-0.15, -0.1) is 0 Å². The third-order valence-electron chi connectivity index (χ3n) is 6.91. The number of aromatic carboxylic acids is 1. The second-order valence-corrected chi connectivity index (χ2v) is 10.2. The molecule has 0 spiro atoms. The van der Waals surface area contributed by atoms with Gasteiger partial charge in [0.2, 0.25) is 5.91 Å². The average Bonchev–Trinajstić information content (AvgIpc) is 2.87. The van der Waals surface area contributed by atoms with E-state index in [0.717, 1.165) is 22.8 Å². The second kappa shape index (κ2) is 10.9. The van der Waals surface area contributed by atoms with Crippen molar-refractivity contribution in [3.05, 3.63) is 99.3 Å². The molecule has 1 aliphatic rings. The van der Waals surface area contributed by atoms with E-state index in [-0.39, 0.29) is 33.7 Å². The number of nitrogens with one attached hydrogen (secondary N) is 2. The lowest BCUT2D eigenvalue weighted by Crippen LogP contribution is -2.64. The fourth-order valence-corrected chi connectivity index (χ4v) is 5.09. The number of carbonyl (C=O) groups is 3. The molecule has 4 rings (SSSR count). The van der Waals surface area contributed by atoms with E-state index in [1.165, 1.54) is 13.1 Å². The van der Waals surface area contributed by atoms with Gasteiger partial charge in [-0.25, -0.2) is 9.18 Å². The first kappa shape index (κ1) is 27.3. The molecule has 0 unspecified atom stereocenters. The molecule has 198 valence electrons. The molecule has 1 aliphatic heterocycles. The van der Waals surface area contributed by atoms with Gasteiger partial charge in [0.25, 0.3) is 5.91 Å². The Morgan fingerprint density at radius 3 is 2.34 bits per heavy atom. The van der Waals surface area contributed by atoms with Crippen LogP contribution in [0, 0.1) is 5.82 Å². The number of nitrogens with zero attached hydrogens (tertiary/aromatic N) is 1. The summed E-state index contributed by atoms with van der Waals surface area (Å²) >= 11 is 5.92. The fraction of sp³-hybridized carbons (Fsp3) is 0.276. The molecule has 1 fully saturated rings. The van der Waals surface area contributed by atoms with Crippen molar-refractivity contribution >= 4 is 35.1 Å². The van der Waals surface area contributed by atoms with Crippen LogP contribution in [-0.4, -0.2) is 47.9 Å². The first-order valence-corrected chi connectivity index (χ1v) is 12.6. The summed E-state index contributed by atoms with van der Waals surface area (Å²) in [5, 5.41) is 14.2. The van der Waals surface area contributed by atoms with Crippen molar-refractivity contribution in [2.45, 2.75) is 31.7 Å². The fourth-order valence-electron chi connectivity index (χ4n) is 4.93. The van der Waals surface area contributed by atoms with Gasteiger partial charge in [0.1, 0.15) is 5.82 Å². The van der Waals surface area contributed by atoms with Crippen LogP contribution < -0.4 is 10.6 Å². The van der Waals surface area contributed by atoms with Crippen LogP contribution in [0.15, 0.2) is 60.7 Å². The molecule has 3 aromatic rings. The molecule has 0 aromatic heterocycles. The SMILES string of the molecule is CNC(=O)c1cc(Cl)c(F)cc1NC(=O)C1(c2ccccc2C(C)C)CN(Cc2ccc(C(=O)O)cc2)C1. The molecule has 0 radical (unpaired) electrons. The van der Waals surface area contributed by atoms with Crippen LogP contribution in [0.3, 0.4) is 0 Å². The summed E-state index contributed by atoms with van der Waals surface area (Å²) in [5.74, 6) is -2.43. The highest BCUT2D eigenvalue weighted by Gasteiger charge is 2.51. The molecule has 9 heteroatoms. The Labute approximate surface area is 225 Å². The van der Waals surface area contributed by atoms with Crippen LogP contribution in [0.25, 0.3) is 0 Å². The largest absolute Gasteiger partial charge is 0.478 e. The van der Waals surface area contributed by atoms with Gasteiger partial charge in [-0.2, -0.15) is 0 Å². The maximum Gasteiger partial charge on any atom is 0.335 e. The molecule has 0 saturated carbocycles. The first-order valence-electron chi connectivity index (χ1n) is 12.2. The highest BCUT2D eigenvalue weighted by Crippen LogP contribution is 2.41. The Kier molecular flexibility index (Phi) is 7.85. The van der Waals surface area contributed by atoms with Crippen molar-refractivity contribution in [1.29, 1.82) is 0 Å². The van der Waals surface area contributed by atoms with E-state index in [2.05, 4.69) is 29.4 Å². The number of rotatable bonds is 8. The average molecular weight is 538 g/mol. The van der Waals surface area contributed by atoms with Crippen LogP contribution in [0.2, 0.25) is 5.02 Å². The normalized spacial score (nSPS) is 14.6. The highest BCUT2D eigenvalue weighted by atomic mass is 35.5. The van der Waals surface area contributed by atoms with Crippen molar-refractivity contribution in [3.8, 4) is 0 Å². The van der Waals surface area contributed by atoms with E-state index >= 15 is 0 Å². The van der Waals surface area contributed by atoms with Gasteiger partial charge in [0.05, 0.1) is 27.3 Å². The van der Waals surface area contributed by atoms with E-state index in [0.29, 0.717) is 19.6 Å². The van der Waals surface area contributed by atoms with Gasteiger partial charge < -0.3 is 15.7 Å². The van der Waals surface area contributed by atoms with Gasteiger partial charge in [-0.1, -0.05) is 61.8 Å². The van der Waals surface area contributed by atoms with Crippen molar-refractivity contribution in [1.82, 2.24) is 10.2 Å². The van der Waals surface area contributed by atoms with Crippen LogP contribution in [0.1, 0.15) is 57.2 Å². The van der Waals surface area contributed by atoms with E-state index < -0.39 is 23.1 Å². The van der Waals surface area contributed by atoms with E-state index in [9.17, 15) is 18.8 Å². The van der Waals surface area contributed by atoms with Gasteiger partial charge in [-0.05, 0) is 46.9 Å². The number of benzene rings is 3. The third-order valence-corrected chi connectivity index (χ3v) is 7.20. The van der Waals surface area contributed by atoms with Gasteiger partial charge in [-0.3, -0.25) is 14.5 Å². The molecule has 38 heavy (non-hydrogen) atoms. The molecule has 2 amide bonds. The Balaban J connectivity index is 1.67. The number of carboxylic acid groups (broad SMARTS) is 1. The number of likely N-dealkylation sites (tertiary alicyclic amines) is 1. The first-order chi connectivity index (χ1) is 18.1. The summed E-state index contributed by atoms with van der Waals surface area (Å²) < 4.78 is 14.4. The van der Waals surface area contributed by atoms with Crippen molar-refractivity contribution < 1.29 is 23.9 Å². The van der Waals surface area contributed by atoms with Crippen LogP contribution >= 0.6 is 11.6 Å². The minimum atomic E-state index is -0.990. The van der Waals surface area contributed by atoms with Gasteiger partial charge >= 0.3 is 5.97 Å². The summed E-state index contributed by atoms with van der Waals surface area (Å²) in [6, 6.07) is 16.7. The molecule has 3 aromatic carbocycles. The maximum absolute atomic E-state index is 14.4. The number of hydrogen-bond donors (Lipinski definition) is 3. The van der Waals surface area contributed by atoms with E-state index in [1.54, 1.807) is 24.3 Å². The lowest BCUT2D eigenvalue weighted by Gasteiger charge is -2.50. The molecule has 0 bridgehead atoms. The minimum Gasteiger partial charge on any atom is -0.478 e. The summed E-state index contributed by atoms with van der Waals surface area (Å²) in [6.07, 6.45) is 0. The molecule has 1 saturated heterocycles. The number of anilines is 1. The molecule has 7 nitrogen and oxygen atoms in total. The van der Waals surface area contributed by atoms with Gasteiger partial charge in [0, 0.05) is 26.7 Å². The van der Waals surface area contributed by atoms with Gasteiger partial charge in [0.15, 0.2) is 0 Å². The maximum atomic E-state index is 14.4. The van der Waals surface area contributed by atoms with Crippen LogP contribution in [-0.2, 0) is 16.8 Å². The topological polar surface area (TPSA) is 98.7 Å². The second-order valence-electron chi connectivity index (χ2n) is 9.82. The summed E-state index contributed by atoms with van der Waals surface area (Å²) in [5.41, 5.74) is 2.19. The molecule has 1 heterocycles. The highest BCUT2D eigenvalue weighted by molar-refractivity contribution is 6.31. The number of carbonyl (C=O) groups excluding carboxylic acids is 2. The predicted octanol–water partition coefficient (Wildman–Crippen LogP) is 5.05.